The Morgan fingerprint density at radius 2 is 2.00 bits per heavy atom. The van der Waals surface area contributed by atoms with E-state index < -0.39 is 6.10 Å². The number of esters is 1. The van der Waals surface area contributed by atoms with Gasteiger partial charge < -0.3 is 14.7 Å². The Morgan fingerprint density at radius 3 is 2.53 bits per heavy atom. The monoisotopic (exact) mass is 271 g/mol. The van der Waals surface area contributed by atoms with E-state index in [0.717, 1.165) is 0 Å². The molecule has 0 radical (unpaired) electrons. The zero-order chi connectivity index (χ0) is 14.5. The largest absolute Gasteiger partial charge is 0.466 e. The van der Waals surface area contributed by atoms with E-state index in [0.29, 0.717) is 24.6 Å². The van der Waals surface area contributed by atoms with E-state index in [4.69, 9.17) is 4.74 Å². The van der Waals surface area contributed by atoms with E-state index in [9.17, 15) is 9.90 Å². The Labute approximate surface area is 117 Å². The fourth-order valence-corrected chi connectivity index (χ4v) is 2.78. The molecule has 0 spiro atoms. The van der Waals surface area contributed by atoms with Gasteiger partial charge in [0, 0.05) is 12.6 Å². The van der Waals surface area contributed by atoms with Crippen molar-refractivity contribution in [1.82, 2.24) is 4.90 Å². The van der Waals surface area contributed by atoms with Crippen molar-refractivity contribution < 1.29 is 14.6 Å². The van der Waals surface area contributed by atoms with Crippen LogP contribution in [-0.2, 0) is 9.53 Å². The Balaban J connectivity index is 2.30. The van der Waals surface area contributed by atoms with E-state index in [2.05, 4.69) is 18.7 Å². The number of aliphatic hydroxyl groups excluding tert-OH is 1. The SMILES string of the molecule is CCOC(=O)CC(O)CN(C)C1CCC(C)(C)CC1. The third kappa shape index (κ3) is 5.91. The maximum absolute atomic E-state index is 11.3. The van der Waals surface area contributed by atoms with Gasteiger partial charge in [-0.1, -0.05) is 13.8 Å². The minimum absolute atomic E-state index is 0.0936. The summed E-state index contributed by atoms with van der Waals surface area (Å²) >= 11 is 0. The minimum Gasteiger partial charge on any atom is -0.466 e. The molecule has 112 valence electrons. The average Bonchev–Trinajstić information content (AvgIpc) is 2.28. The summed E-state index contributed by atoms with van der Waals surface area (Å²) in [5, 5.41) is 9.91. The smallest absolute Gasteiger partial charge is 0.308 e. The van der Waals surface area contributed by atoms with Crippen LogP contribution < -0.4 is 0 Å². The standard InChI is InChI=1S/C15H29NO3/c1-5-19-14(18)10-13(17)11-16(4)12-6-8-15(2,3)9-7-12/h12-13,17H,5-11H2,1-4H3. The van der Waals surface area contributed by atoms with Gasteiger partial charge in [-0.25, -0.2) is 0 Å². The molecule has 4 nitrogen and oxygen atoms in total. The zero-order valence-electron chi connectivity index (χ0n) is 12.8. The van der Waals surface area contributed by atoms with E-state index in [1.807, 2.05) is 7.05 Å². The van der Waals surface area contributed by atoms with Crippen molar-refractivity contribution in [2.75, 3.05) is 20.2 Å². The van der Waals surface area contributed by atoms with Crippen LogP contribution in [-0.4, -0.2) is 48.3 Å². The predicted molar refractivity (Wildman–Crippen MR) is 75.9 cm³/mol. The second-order valence-electron chi connectivity index (χ2n) is 6.50. The van der Waals surface area contributed by atoms with Gasteiger partial charge >= 0.3 is 5.97 Å². The van der Waals surface area contributed by atoms with Crippen molar-refractivity contribution in [2.24, 2.45) is 5.41 Å². The van der Waals surface area contributed by atoms with Gasteiger partial charge in [0.05, 0.1) is 19.1 Å². The number of aliphatic hydroxyl groups is 1. The minimum atomic E-state index is -0.626. The van der Waals surface area contributed by atoms with Crippen molar-refractivity contribution in [3.8, 4) is 0 Å². The normalized spacial score (nSPS) is 21.4. The topological polar surface area (TPSA) is 49.8 Å². The highest BCUT2D eigenvalue weighted by Crippen LogP contribution is 2.36. The van der Waals surface area contributed by atoms with Crippen LogP contribution in [0.15, 0.2) is 0 Å². The van der Waals surface area contributed by atoms with Gasteiger partial charge in [0.25, 0.3) is 0 Å². The summed E-state index contributed by atoms with van der Waals surface area (Å²) in [6, 6.07) is 0.532. The maximum Gasteiger partial charge on any atom is 0.308 e. The predicted octanol–water partition coefficient (Wildman–Crippen LogP) is 2.20. The molecule has 1 N–H and O–H groups in total. The first-order chi connectivity index (χ1) is 8.84. The highest BCUT2D eigenvalue weighted by Gasteiger charge is 2.29. The molecule has 1 aliphatic rings. The molecule has 1 unspecified atom stereocenters. The molecule has 0 amide bonds. The number of hydrogen-bond acceptors (Lipinski definition) is 4. The lowest BCUT2D eigenvalue weighted by atomic mass is 9.75. The number of likely N-dealkylation sites (N-methyl/N-ethyl adjacent to an activating group) is 1. The number of rotatable bonds is 6. The first-order valence-electron chi connectivity index (χ1n) is 7.38. The lowest BCUT2D eigenvalue weighted by Gasteiger charge is -2.39. The summed E-state index contributed by atoms with van der Waals surface area (Å²) in [6.45, 7) is 7.33. The van der Waals surface area contributed by atoms with Crippen LogP contribution in [0.3, 0.4) is 0 Å². The second kappa shape index (κ2) is 7.25. The van der Waals surface area contributed by atoms with Gasteiger partial charge in [0.1, 0.15) is 0 Å². The number of ether oxygens (including phenoxy) is 1. The van der Waals surface area contributed by atoms with E-state index in [-0.39, 0.29) is 12.4 Å². The molecule has 0 aromatic heterocycles. The summed E-state index contributed by atoms with van der Waals surface area (Å²) in [5.41, 5.74) is 0.459. The number of hydrogen-bond donors (Lipinski definition) is 1. The van der Waals surface area contributed by atoms with Crippen LogP contribution in [0, 0.1) is 5.41 Å². The van der Waals surface area contributed by atoms with Crippen LogP contribution in [0.1, 0.15) is 52.9 Å². The zero-order valence-corrected chi connectivity index (χ0v) is 12.8. The Kier molecular flexibility index (Phi) is 6.27. The Bertz CT molecular complexity index is 281. The summed E-state index contributed by atoms with van der Waals surface area (Å²) < 4.78 is 4.85. The first kappa shape index (κ1) is 16.4. The van der Waals surface area contributed by atoms with Gasteiger partial charge in [-0.2, -0.15) is 0 Å². The van der Waals surface area contributed by atoms with E-state index in [1.54, 1.807) is 6.92 Å². The number of carbonyl (C=O) groups excluding carboxylic acids is 1. The van der Waals surface area contributed by atoms with Gasteiger partial charge in [-0.3, -0.25) is 4.79 Å². The molecule has 1 aliphatic carbocycles. The summed E-state index contributed by atoms with van der Waals surface area (Å²) in [5.74, 6) is -0.312. The van der Waals surface area contributed by atoms with Crippen LogP contribution in [0.5, 0.6) is 0 Å². The lowest BCUT2D eigenvalue weighted by Crippen LogP contribution is -2.41. The molecule has 0 heterocycles. The third-order valence-electron chi connectivity index (χ3n) is 4.14. The van der Waals surface area contributed by atoms with E-state index in [1.165, 1.54) is 25.7 Å². The van der Waals surface area contributed by atoms with Gasteiger partial charge in [-0.05, 0) is 45.1 Å². The molecule has 4 heteroatoms. The average molecular weight is 271 g/mol. The van der Waals surface area contributed by atoms with Crippen molar-refractivity contribution in [3.63, 3.8) is 0 Å². The van der Waals surface area contributed by atoms with Crippen LogP contribution in [0.25, 0.3) is 0 Å². The van der Waals surface area contributed by atoms with Crippen LogP contribution >= 0.6 is 0 Å². The molecule has 0 saturated heterocycles. The molecule has 1 saturated carbocycles. The molecule has 0 bridgehead atoms. The van der Waals surface area contributed by atoms with Gasteiger partial charge in [0.2, 0.25) is 0 Å². The van der Waals surface area contributed by atoms with Crippen molar-refractivity contribution in [2.45, 2.75) is 65.0 Å². The molecular weight excluding hydrogens is 242 g/mol. The fraction of sp³-hybridized carbons (Fsp3) is 0.933. The Morgan fingerprint density at radius 1 is 1.42 bits per heavy atom. The second-order valence-corrected chi connectivity index (χ2v) is 6.50. The van der Waals surface area contributed by atoms with Gasteiger partial charge in [0.15, 0.2) is 0 Å². The number of nitrogens with zero attached hydrogens (tertiary/aromatic N) is 1. The molecule has 0 aromatic carbocycles. The lowest BCUT2D eigenvalue weighted by molar-refractivity contribution is -0.145. The fourth-order valence-electron chi connectivity index (χ4n) is 2.78. The molecule has 0 aromatic rings. The van der Waals surface area contributed by atoms with Crippen molar-refractivity contribution >= 4 is 5.97 Å². The summed E-state index contributed by atoms with van der Waals surface area (Å²) in [4.78, 5) is 13.5. The highest BCUT2D eigenvalue weighted by molar-refractivity contribution is 5.69. The molecular formula is C15H29NO3. The molecule has 1 atom stereocenters. The molecule has 19 heavy (non-hydrogen) atoms. The van der Waals surface area contributed by atoms with Crippen LogP contribution in [0.4, 0.5) is 0 Å². The van der Waals surface area contributed by atoms with Crippen LogP contribution in [0.2, 0.25) is 0 Å². The molecule has 1 rings (SSSR count). The molecule has 1 fully saturated rings. The third-order valence-corrected chi connectivity index (χ3v) is 4.14. The summed E-state index contributed by atoms with van der Waals surface area (Å²) in [7, 11) is 2.04. The van der Waals surface area contributed by atoms with Gasteiger partial charge in [-0.15, -0.1) is 0 Å². The van der Waals surface area contributed by atoms with Crippen molar-refractivity contribution in [3.05, 3.63) is 0 Å². The summed E-state index contributed by atoms with van der Waals surface area (Å²) in [6.07, 6.45) is 4.28. The highest BCUT2D eigenvalue weighted by atomic mass is 16.5. The molecule has 0 aliphatic heterocycles. The first-order valence-corrected chi connectivity index (χ1v) is 7.38. The number of carbonyl (C=O) groups is 1. The Hall–Kier alpha value is -0.610. The quantitative estimate of drug-likeness (QED) is 0.752. The van der Waals surface area contributed by atoms with Crippen molar-refractivity contribution in [1.29, 1.82) is 0 Å². The van der Waals surface area contributed by atoms with E-state index >= 15 is 0 Å². The maximum atomic E-state index is 11.3.